The van der Waals surface area contributed by atoms with E-state index in [4.69, 9.17) is 4.74 Å². The van der Waals surface area contributed by atoms with Gasteiger partial charge < -0.3 is 14.8 Å². The first-order valence-corrected chi connectivity index (χ1v) is 9.20. The smallest absolute Gasteiger partial charge is 0.309 e. The van der Waals surface area contributed by atoms with Crippen LogP contribution in [-0.4, -0.2) is 31.9 Å². The number of aromatic hydroxyl groups is 1. The maximum atomic E-state index is 12.5. The second-order valence-corrected chi connectivity index (χ2v) is 8.06. The number of fused-ring (bicyclic) bond motifs is 3. The van der Waals surface area contributed by atoms with Crippen LogP contribution in [0, 0.1) is 5.92 Å². The molecule has 0 amide bonds. The Bertz CT molecular complexity index is 1020. The molecule has 0 saturated heterocycles. The number of aryl methyl sites for hydroxylation is 1. The van der Waals surface area contributed by atoms with Crippen LogP contribution >= 0.6 is 0 Å². The van der Waals surface area contributed by atoms with Crippen molar-refractivity contribution in [2.45, 2.75) is 45.6 Å². The molecule has 1 unspecified atom stereocenters. The van der Waals surface area contributed by atoms with Gasteiger partial charge in [-0.05, 0) is 63.8 Å². The van der Waals surface area contributed by atoms with Crippen LogP contribution < -0.4 is 0 Å². The van der Waals surface area contributed by atoms with E-state index in [1.807, 2.05) is 39.0 Å². The van der Waals surface area contributed by atoms with E-state index in [0.717, 1.165) is 29.5 Å². The molecule has 3 aromatic rings. The molecule has 6 nitrogen and oxygen atoms in total. The fourth-order valence-electron chi connectivity index (χ4n) is 3.62. The minimum atomic E-state index is -0.485. The van der Waals surface area contributed by atoms with Crippen LogP contribution in [0.3, 0.4) is 0 Å². The number of hydrogen-bond acceptors (Lipinski definition) is 5. The van der Waals surface area contributed by atoms with E-state index in [0.29, 0.717) is 23.3 Å². The maximum absolute atomic E-state index is 12.5. The van der Waals surface area contributed by atoms with Crippen molar-refractivity contribution in [1.82, 2.24) is 15.2 Å². The van der Waals surface area contributed by atoms with Crippen LogP contribution in [0.15, 0.2) is 30.3 Å². The van der Waals surface area contributed by atoms with Crippen LogP contribution in [0.1, 0.15) is 38.4 Å². The van der Waals surface area contributed by atoms with Gasteiger partial charge in [-0.2, -0.15) is 0 Å². The third-order valence-corrected chi connectivity index (χ3v) is 4.87. The first-order chi connectivity index (χ1) is 12.8. The lowest BCUT2D eigenvalue weighted by molar-refractivity contribution is -0.160. The molecule has 2 N–H and O–H groups in total. The average molecular weight is 365 g/mol. The predicted octanol–water partition coefficient (Wildman–Crippen LogP) is 3.78. The van der Waals surface area contributed by atoms with Crippen LogP contribution in [0.25, 0.3) is 22.3 Å². The fraction of sp³-hybridized carbons (Fsp3) is 0.381. The number of rotatable bonds is 2. The van der Waals surface area contributed by atoms with Crippen molar-refractivity contribution in [2.75, 3.05) is 0 Å². The molecule has 1 aliphatic carbocycles. The summed E-state index contributed by atoms with van der Waals surface area (Å²) in [5, 5.41) is 19.6. The number of ether oxygens (including phenoxy) is 1. The quantitative estimate of drug-likeness (QED) is 0.675. The van der Waals surface area contributed by atoms with E-state index in [-0.39, 0.29) is 17.6 Å². The highest BCUT2D eigenvalue weighted by Gasteiger charge is 2.31. The summed E-state index contributed by atoms with van der Waals surface area (Å²) in [5.74, 6) is -0.134. The largest absolute Gasteiger partial charge is 0.507 e. The van der Waals surface area contributed by atoms with Crippen LogP contribution in [0.4, 0.5) is 0 Å². The summed E-state index contributed by atoms with van der Waals surface area (Å²) in [4.78, 5) is 15.8. The Morgan fingerprint density at radius 2 is 2.04 bits per heavy atom. The summed E-state index contributed by atoms with van der Waals surface area (Å²) in [6.07, 6.45) is 2.16. The number of carbonyl (C=O) groups is 1. The van der Waals surface area contributed by atoms with Gasteiger partial charge in [-0.3, -0.25) is 4.79 Å². The normalized spacial score (nSPS) is 16.9. The molecule has 1 atom stereocenters. The van der Waals surface area contributed by atoms with Gasteiger partial charge in [0.25, 0.3) is 0 Å². The van der Waals surface area contributed by atoms with Crippen molar-refractivity contribution in [1.29, 1.82) is 0 Å². The molecular formula is C21H23N3O3. The molecule has 0 saturated carbocycles. The van der Waals surface area contributed by atoms with Crippen molar-refractivity contribution in [3.63, 3.8) is 0 Å². The van der Waals surface area contributed by atoms with Crippen molar-refractivity contribution in [2.24, 2.45) is 5.92 Å². The van der Waals surface area contributed by atoms with Gasteiger partial charge in [-0.25, -0.2) is 0 Å². The number of para-hydroxylation sites is 1. The summed E-state index contributed by atoms with van der Waals surface area (Å²) < 4.78 is 5.58. The summed E-state index contributed by atoms with van der Waals surface area (Å²) in [5.41, 5.74) is 3.68. The van der Waals surface area contributed by atoms with Crippen LogP contribution in [-0.2, 0) is 22.4 Å². The zero-order valence-corrected chi connectivity index (χ0v) is 15.7. The monoisotopic (exact) mass is 365 g/mol. The number of aromatic amines is 1. The second-order valence-electron chi connectivity index (χ2n) is 8.06. The first kappa shape index (κ1) is 17.5. The highest BCUT2D eigenvalue weighted by atomic mass is 16.6. The van der Waals surface area contributed by atoms with E-state index in [9.17, 15) is 9.90 Å². The molecule has 1 aliphatic rings. The Hall–Kier alpha value is -2.89. The van der Waals surface area contributed by atoms with Gasteiger partial charge in [0.05, 0.1) is 11.6 Å². The molecule has 2 aromatic heterocycles. The molecule has 27 heavy (non-hydrogen) atoms. The van der Waals surface area contributed by atoms with Gasteiger partial charge in [-0.1, -0.05) is 12.1 Å². The molecule has 0 fully saturated rings. The van der Waals surface area contributed by atoms with Crippen molar-refractivity contribution >= 4 is 17.0 Å². The Morgan fingerprint density at radius 3 is 2.78 bits per heavy atom. The molecule has 140 valence electrons. The number of benzene rings is 1. The zero-order chi connectivity index (χ0) is 19.2. The van der Waals surface area contributed by atoms with Gasteiger partial charge in [0.15, 0.2) is 5.65 Å². The second kappa shape index (κ2) is 6.37. The molecule has 2 heterocycles. The fourth-order valence-corrected chi connectivity index (χ4v) is 3.62. The first-order valence-electron chi connectivity index (χ1n) is 9.20. The predicted molar refractivity (Wildman–Crippen MR) is 102 cm³/mol. The number of hydrogen-bond donors (Lipinski definition) is 2. The Morgan fingerprint density at radius 1 is 1.26 bits per heavy atom. The zero-order valence-electron chi connectivity index (χ0n) is 15.7. The summed E-state index contributed by atoms with van der Waals surface area (Å²) in [6, 6.07) is 9.00. The average Bonchev–Trinajstić information content (AvgIpc) is 2.97. The molecule has 0 bridgehead atoms. The van der Waals surface area contributed by atoms with Gasteiger partial charge in [-0.15, -0.1) is 10.2 Å². The van der Waals surface area contributed by atoms with Crippen molar-refractivity contribution < 1.29 is 14.6 Å². The minimum absolute atomic E-state index is 0.148. The van der Waals surface area contributed by atoms with Crippen molar-refractivity contribution in [3.05, 3.63) is 41.6 Å². The molecule has 0 aliphatic heterocycles. The standard InChI is InChI=1S/C21H23N3O3/c1-21(2,3)27-20(26)12-8-9-16-14(10-12)15-11-17(23-24-19(15)22-16)13-6-4-5-7-18(13)25/h4-7,11-12,25H,8-10H2,1-3H3,(H,22,24). The Balaban J connectivity index is 1.70. The van der Waals surface area contributed by atoms with E-state index in [1.54, 1.807) is 12.1 Å². The number of nitrogens with zero attached hydrogens (tertiary/aromatic N) is 2. The lowest BCUT2D eigenvalue weighted by Gasteiger charge is -2.26. The number of esters is 1. The third kappa shape index (κ3) is 3.39. The SMILES string of the molecule is CC(C)(C)OC(=O)C1CCc2[nH]c3nnc(-c4ccccc4O)cc3c2C1. The number of aromatic nitrogens is 3. The van der Waals surface area contributed by atoms with E-state index < -0.39 is 5.60 Å². The summed E-state index contributed by atoms with van der Waals surface area (Å²) >= 11 is 0. The summed E-state index contributed by atoms with van der Waals surface area (Å²) in [6.45, 7) is 5.66. The number of phenols is 1. The Labute approximate surface area is 157 Å². The van der Waals surface area contributed by atoms with E-state index >= 15 is 0 Å². The molecule has 4 rings (SSSR count). The lowest BCUT2D eigenvalue weighted by Crippen LogP contribution is -2.31. The number of H-pyrrole nitrogens is 1. The van der Waals surface area contributed by atoms with Gasteiger partial charge in [0.1, 0.15) is 11.4 Å². The van der Waals surface area contributed by atoms with Gasteiger partial charge >= 0.3 is 5.97 Å². The van der Waals surface area contributed by atoms with Gasteiger partial charge in [0.2, 0.25) is 0 Å². The molecule has 0 radical (unpaired) electrons. The highest BCUT2D eigenvalue weighted by Crippen LogP contribution is 2.35. The van der Waals surface area contributed by atoms with Gasteiger partial charge in [0, 0.05) is 16.6 Å². The minimum Gasteiger partial charge on any atom is -0.507 e. The highest BCUT2D eigenvalue weighted by molar-refractivity contribution is 5.86. The molecular weight excluding hydrogens is 342 g/mol. The summed E-state index contributed by atoms with van der Waals surface area (Å²) in [7, 11) is 0. The van der Waals surface area contributed by atoms with Crippen LogP contribution in [0.5, 0.6) is 5.75 Å². The van der Waals surface area contributed by atoms with E-state index in [2.05, 4.69) is 15.2 Å². The molecule has 1 aromatic carbocycles. The number of nitrogens with one attached hydrogen (secondary N) is 1. The number of carbonyl (C=O) groups excluding carboxylic acids is 1. The maximum Gasteiger partial charge on any atom is 0.309 e. The lowest BCUT2D eigenvalue weighted by atomic mass is 9.86. The van der Waals surface area contributed by atoms with Crippen molar-refractivity contribution in [3.8, 4) is 17.0 Å². The van der Waals surface area contributed by atoms with Crippen LogP contribution in [0.2, 0.25) is 0 Å². The Kier molecular flexibility index (Phi) is 4.13. The number of phenolic OH excluding ortho intramolecular Hbond substituents is 1. The topological polar surface area (TPSA) is 88.1 Å². The molecule has 0 spiro atoms. The third-order valence-electron chi connectivity index (χ3n) is 4.87. The van der Waals surface area contributed by atoms with E-state index in [1.165, 1.54) is 0 Å². The molecule has 6 heteroatoms.